The van der Waals surface area contributed by atoms with Gasteiger partial charge in [-0.1, -0.05) is 29.8 Å². The van der Waals surface area contributed by atoms with Crippen LogP contribution in [0.4, 0.5) is 11.4 Å². The van der Waals surface area contributed by atoms with Gasteiger partial charge >= 0.3 is 0 Å². The largest absolute Gasteiger partial charge is 0.489 e. The van der Waals surface area contributed by atoms with Gasteiger partial charge in [-0.2, -0.15) is 0 Å². The van der Waals surface area contributed by atoms with E-state index in [1.165, 1.54) is 10.6 Å². The number of anilines is 2. The molecule has 2 aliphatic heterocycles. The molecule has 0 spiro atoms. The van der Waals surface area contributed by atoms with Crippen LogP contribution in [-0.2, 0) is 9.59 Å². The molecular formula is C25H30ClN3O4. The first kappa shape index (κ1) is 23.4. The molecule has 2 aromatic rings. The van der Waals surface area contributed by atoms with Crippen molar-refractivity contribution in [1.29, 1.82) is 0 Å². The average Bonchev–Trinajstić information content (AvgIpc) is 2.86. The predicted octanol–water partition coefficient (Wildman–Crippen LogP) is 3.70. The predicted molar refractivity (Wildman–Crippen MR) is 129 cm³/mol. The number of nitrogens with one attached hydrogen (secondary N) is 1. The Labute approximate surface area is 199 Å². The molecule has 1 unspecified atom stereocenters. The smallest absolute Gasteiger partial charge is 0.248 e. The molecule has 2 saturated heterocycles. The number of carbonyl (C=O) groups is 2. The molecule has 0 bridgehead atoms. The molecule has 2 aliphatic rings. The van der Waals surface area contributed by atoms with Crippen LogP contribution in [0, 0.1) is 0 Å². The van der Waals surface area contributed by atoms with Crippen LogP contribution in [0.15, 0.2) is 48.5 Å². The third kappa shape index (κ3) is 5.78. The third-order valence-corrected chi connectivity index (χ3v) is 6.61. The number of carbonyl (C=O) groups excluding carboxylic acids is 2. The third-order valence-electron chi connectivity index (χ3n) is 6.32. The number of amides is 2. The van der Waals surface area contributed by atoms with Crippen molar-refractivity contribution in [3.05, 3.63) is 53.6 Å². The minimum absolute atomic E-state index is 0.0863. The van der Waals surface area contributed by atoms with Crippen molar-refractivity contribution in [1.82, 2.24) is 4.90 Å². The Morgan fingerprint density at radius 1 is 1.03 bits per heavy atom. The van der Waals surface area contributed by atoms with Crippen LogP contribution in [-0.4, -0.2) is 60.2 Å². The summed E-state index contributed by atoms with van der Waals surface area (Å²) in [6.45, 7) is 1.73. The van der Waals surface area contributed by atoms with Gasteiger partial charge in [0.2, 0.25) is 11.8 Å². The van der Waals surface area contributed by atoms with E-state index in [0.29, 0.717) is 29.4 Å². The summed E-state index contributed by atoms with van der Waals surface area (Å²) in [5.74, 6) is -0.0907. The monoisotopic (exact) mass is 471 g/mol. The van der Waals surface area contributed by atoms with Crippen LogP contribution in [0.5, 0.6) is 5.75 Å². The number of hydrogen-bond acceptors (Lipinski definition) is 5. The lowest BCUT2D eigenvalue weighted by molar-refractivity contribution is -0.142. The molecule has 2 amide bonds. The molecule has 2 heterocycles. The highest BCUT2D eigenvalue weighted by molar-refractivity contribution is 6.32. The fourth-order valence-electron chi connectivity index (χ4n) is 4.54. The van der Waals surface area contributed by atoms with E-state index in [1.807, 2.05) is 18.2 Å². The first-order valence-electron chi connectivity index (χ1n) is 11.5. The molecule has 0 saturated carbocycles. The molecule has 0 aromatic heterocycles. The maximum Gasteiger partial charge on any atom is 0.248 e. The first-order chi connectivity index (χ1) is 16.0. The van der Waals surface area contributed by atoms with Gasteiger partial charge in [0.1, 0.15) is 24.5 Å². The zero-order chi connectivity index (χ0) is 23.2. The Kier molecular flexibility index (Phi) is 7.73. The quantitative estimate of drug-likeness (QED) is 0.671. The summed E-state index contributed by atoms with van der Waals surface area (Å²) in [6, 6.07) is 15.0. The van der Waals surface area contributed by atoms with Crippen LogP contribution in [0.2, 0.25) is 5.02 Å². The number of rotatable bonds is 6. The molecule has 0 aliphatic carbocycles. The van der Waals surface area contributed by atoms with Gasteiger partial charge in [-0.15, -0.1) is 0 Å². The van der Waals surface area contributed by atoms with E-state index in [2.05, 4.69) is 22.3 Å². The molecule has 4 rings (SSSR count). The van der Waals surface area contributed by atoms with Crippen molar-refractivity contribution in [3.8, 4) is 5.75 Å². The molecule has 1 atom stereocenters. The van der Waals surface area contributed by atoms with E-state index in [0.717, 1.165) is 38.8 Å². The summed E-state index contributed by atoms with van der Waals surface area (Å²) in [4.78, 5) is 28.6. The van der Waals surface area contributed by atoms with Crippen molar-refractivity contribution < 1.29 is 19.4 Å². The lowest BCUT2D eigenvalue weighted by Gasteiger charge is -2.34. The van der Waals surface area contributed by atoms with Gasteiger partial charge in [0.05, 0.1) is 5.02 Å². The standard InChI is InChI=1S/C25H30ClN3O4/c26-21-16-18(27-25(32)22-8-4-5-13-29(22)24(31)17-30)9-10-23(21)33-20-11-14-28(15-12-20)19-6-2-1-3-7-19/h1-3,6-7,9-10,16,20,22,30H,4-5,8,11-15,17H2,(H,27,32). The number of aliphatic hydroxyl groups excluding tert-OH is 1. The molecule has 176 valence electrons. The molecule has 2 aromatic carbocycles. The number of ether oxygens (including phenoxy) is 1. The lowest BCUT2D eigenvalue weighted by atomic mass is 10.0. The van der Waals surface area contributed by atoms with Gasteiger partial charge in [0.15, 0.2) is 0 Å². The number of halogens is 1. The number of hydrogen-bond donors (Lipinski definition) is 2. The van der Waals surface area contributed by atoms with E-state index in [4.69, 9.17) is 16.3 Å². The Morgan fingerprint density at radius 3 is 2.48 bits per heavy atom. The van der Waals surface area contributed by atoms with E-state index < -0.39 is 18.6 Å². The SMILES string of the molecule is O=C(Nc1ccc(OC2CCN(c3ccccc3)CC2)c(Cl)c1)C1CCCCN1C(=O)CO. The topological polar surface area (TPSA) is 82.1 Å². The van der Waals surface area contributed by atoms with Gasteiger partial charge in [-0.3, -0.25) is 9.59 Å². The minimum Gasteiger partial charge on any atom is -0.489 e. The number of piperidine rings is 2. The van der Waals surface area contributed by atoms with Gasteiger partial charge in [0.25, 0.3) is 0 Å². The molecule has 8 heteroatoms. The van der Waals surface area contributed by atoms with Crippen LogP contribution in [0.1, 0.15) is 32.1 Å². The summed E-state index contributed by atoms with van der Waals surface area (Å²) in [7, 11) is 0. The zero-order valence-electron chi connectivity index (χ0n) is 18.6. The van der Waals surface area contributed by atoms with E-state index in [-0.39, 0.29) is 12.0 Å². The number of likely N-dealkylation sites (tertiary alicyclic amines) is 1. The maximum absolute atomic E-state index is 12.8. The Hall–Kier alpha value is -2.77. The molecule has 7 nitrogen and oxygen atoms in total. The average molecular weight is 472 g/mol. The molecule has 33 heavy (non-hydrogen) atoms. The Balaban J connectivity index is 1.33. The summed E-state index contributed by atoms with van der Waals surface area (Å²) >= 11 is 6.46. The van der Waals surface area contributed by atoms with Gasteiger partial charge in [0, 0.05) is 43.9 Å². The molecule has 2 N–H and O–H groups in total. The second-order valence-corrected chi connectivity index (χ2v) is 8.94. The number of para-hydroxylation sites is 1. The van der Waals surface area contributed by atoms with Gasteiger partial charge < -0.3 is 25.0 Å². The lowest BCUT2D eigenvalue weighted by Crippen LogP contribution is -2.50. The highest BCUT2D eigenvalue weighted by Crippen LogP contribution is 2.31. The van der Waals surface area contributed by atoms with Crippen molar-refractivity contribution in [2.45, 2.75) is 44.2 Å². The molecular weight excluding hydrogens is 442 g/mol. The maximum atomic E-state index is 12.8. The minimum atomic E-state index is -0.591. The van der Waals surface area contributed by atoms with Crippen LogP contribution >= 0.6 is 11.6 Å². The fraction of sp³-hybridized carbons (Fsp3) is 0.440. The normalized spacial score (nSPS) is 19.3. The van der Waals surface area contributed by atoms with Crippen molar-refractivity contribution >= 4 is 34.8 Å². The first-order valence-corrected chi connectivity index (χ1v) is 11.9. The van der Waals surface area contributed by atoms with Gasteiger partial charge in [-0.25, -0.2) is 0 Å². The number of nitrogens with zero attached hydrogens (tertiary/aromatic N) is 2. The van der Waals surface area contributed by atoms with E-state index >= 15 is 0 Å². The molecule has 0 radical (unpaired) electrons. The Morgan fingerprint density at radius 2 is 1.79 bits per heavy atom. The van der Waals surface area contributed by atoms with Crippen molar-refractivity contribution in [2.24, 2.45) is 0 Å². The van der Waals surface area contributed by atoms with Crippen LogP contribution < -0.4 is 15.0 Å². The fourth-order valence-corrected chi connectivity index (χ4v) is 4.77. The highest BCUT2D eigenvalue weighted by atomic mass is 35.5. The molecule has 2 fully saturated rings. The van der Waals surface area contributed by atoms with E-state index in [9.17, 15) is 14.7 Å². The number of aliphatic hydroxyl groups is 1. The second kappa shape index (κ2) is 10.9. The highest BCUT2D eigenvalue weighted by Gasteiger charge is 2.31. The van der Waals surface area contributed by atoms with Crippen molar-refractivity contribution in [3.63, 3.8) is 0 Å². The summed E-state index contributed by atoms with van der Waals surface area (Å²) in [5, 5.41) is 12.5. The zero-order valence-corrected chi connectivity index (χ0v) is 19.3. The van der Waals surface area contributed by atoms with Crippen LogP contribution in [0.25, 0.3) is 0 Å². The summed E-state index contributed by atoms with van der Waals surface area (Å²) < 4.78 is 6.16. The number of benzene rings is 2. The van der Waals surface area contributed by atoms with Crippen molar-refractivity contribution in [2.75, 3.05) is 36.5 Å². The van der Waals surface area contributed by atoms with E-state index in [1.54, 1.807) is 18.2 Å². The van der Waals surface area contributed by atoms with Gasteiger partial charge in [-0.05, 0) is 49.6 Å². The second-order valence-electron chi connectivity index (χ2n) is 8.53. The summed E-state index contributed by atoms with van der Waals surface area (Å²) in [5.41, 5.74) is 1.78. The van der Waals surface area contributed by atoms with Crippen LogP contribution in [0.3, 0.4) is 0 Å². The Bertz CT molecular complexity index is 963. The summed E-state index contributed by atoms with van der Waals surface area (Å²) in [6.07, 6.45) is 4.17.